The number of nitrogens with one attached hydrogen (secondary N) is 1. The summed E-state index contributed by atoms with van der Waals surface area (Å²) in [4.78, 5) is 27.9. The molecule has 8 nitrogen and oxygen atoms in total. The van der Waals surface area contributed by atoms with Gasteiger partial charge in [-0.1, -0.05) is 6.92 Å². The third-order valence-corrected chi connectivity index (χ3v) is 4.58. The molecule has 0 radical (unpaired) electrons. The van der Waals surface area contributed by atoms with Crippen molar-refractivity contribution in [3.8, 4) is 0 Å². The van der Waals surface area contributed by atoms with Gasteiger partial charge in [0.1, 0.15) is 5.82 Å². The molecule has 0 bridgehead atoms. The second-order valence-corrected chi connectivity index (χ2v) is 6.72. The fourth-order valence-corrected chi connectivity index (χ4v) is 3.07. The monoisotopic (exact) mass is 371 g/mol. The molecule has 26 heavy (non-hydrogen) atoms. The molecule has 1 aliphatic rings. The highest BCUT2D eigenvalue weighted by Gasteiger charge is 2.27. The number of carbonyl (C=O) groups excluding carboxylic acids is 1. The molecular formula is C16H23F2N5O3. The van der Waals surface area contributed by atoms with Gasteiger partial charge in [0.05, 0.1) is 17.0 Å². The van der Waals surface area contributed by atoms with Crippen LogP contribution in [0.25, 0.3) is 0 Å². The van der Waals surface area contributed by atoms with Crippen LogP contribution in [0.15, 0.2) is 6.07 Å². The molecule has 0 aliphatic heterocycles. The van der Waals surface area contributed by atoms with Gasteiger partial charge in [0.15, 0.2) is 0 Å². The second kappa shape index (κ2) is 8.24. The summed E-state index contributed by atoms with van der Waals surface area (Å²) in [5.41, 5.74) is 4.90. The number of halogens is 2. The van der Waals surface area contributed by atoms with Crippen molar-refractivity contribution in [1.82, 2.24) is 10.3 Å². The number of pyridine rings is 1. The summed E-state index contributed by atoms with van der Waals surface area (Å²) in [6.45, 7) is 1.47. The van der Waals surface area contributed by atoms with Crippen molar-refractivity contribution in [3.63, 3.8) is 0 Å². The topological polar surface area (TPSA) is 114 Å². The van der Waals surface area contributed by atoms with E-state index in [0.717, 1.165) is 36.6 Å². The van der Waals surface area contributed by atoms with E-state index in [4.69, 9.17) is 5.73 Å². The number of nitrogens with two attached hydrogens (primary N) is 1. The van der Waals surface area contributed by atoms with Crippen molar-refractivity contribution >= 4 is 23.2 Å². The number of nitrogens with zero attached hydrogens (tertiary/aromatic N) is 3. The summed E-state index contributed by atoms with van der Waals surface area (Å²) < 4.78 is 25.4. The van der Waals surface area contributed by atoms with Crippen LogP contribution in [0.1, 0.15) is 43.0 Å². The summed E-state index contributed by atoms with van der Waals surface area (Å²) in [7, 11) is 1.33. The minimum atomic E-state index is -2.66. The summed E-state index contributed by atoms with van der Waals surface area (Å²) in [6, 6.07) is 0.948. The molecule has 1 aromatic rings. The van der Waals surface area contributed by atoms with Crippen LogP contribution in [0.5, 0.6) is 0 Å². The molecule has 144 valence electrons. The van der Waals surface area contributed by atoms with E-state index in [0.29, 0.717) is 5.92 Å². The fourth-order valence-electron chi connectivity index (χ4n) is 3.07. The number of amides is 1. The Morgan fingerprint density at radius 3 is 2.62 bits per heavy atom. The van der Waals surface area contributed by atoms with Gasteiger partial charge in [-0.15, -0.1) is 0 Å². The lowest BCUT2D eigenvalue weighted by Gasteiger charge is -2.27. The van der Waals surface area contributed by atoms with Gasteiger partial charge in [-0.2, -0.15) is 0 Å². The number of alkyl halides is 2. The number of hydrogen-bond donors (Lipinski definition) is 2. The first-order valence-electron chi connectivity index (χ1n) is 8.44. The van der Waals surface area contributed by atoms with E-state index >= 15 is 0 Å². The standard InChI is InChI=1S/C16H23F2N5O3/c1-9-3-5-10(6-4-9)20-16(24)11-7-12(23(25)26)14(19)21-15(11)22(2)8-13(17)18/h7,9-10,13H,3-6,8H2,1-2H3,(H2,19,21)(H,20,24). The number of carbonyl (C=O) groups is 1. The average Bonchev–Trinajstić information content (AvgIpc) is 2.55. The van der Waals surface area contributed by atoms with Crippen LogP contribution in [0.2, 0.25) is 0 Å². The number of hydrogen-bond acceptors (Lipinski definition) is 6. The smallest absolute Gasteiger partial charge is 0.312 e. The molecule has 1 aromatic heterocycles. The highest BCUT2D eigenvalue weighted by Crippen LogP contribution is 2.29. The lowest BCUT2D eigenvalue weighted by molar-refractivity contribution is -0.384. The quantitative estimate of drug-likeness (QED) is 0.587. The number of rotatable bonds is 6. The maximum Gasteiger partial charge on any atom is 0.312 e. The van der Waals surface area contributed by atoms with Crippen LogP contribution >= 0.6 is 0 Å². The van der Waals surface area contributed by atoms with Gasteiger partial charge >= 0.3 is 5.69 Å². The largest absolute Gasteiger partial charge is 0.378 e. The lowest BCUT2D eigenvalue weighted by Crippen LogP contribution is -2.38. The lowest BCUT2D eigenvalue weighted by atomic mass is 9.87. The Kier molecular flexibility index (Phi) is 6.27. The van der Waals surface area contributed by atoms with E-state index < -0.39 is 35.3 Å². The number of nitrogen functional groups attached to an aromatic ring is 1. The van der Waals surface area contributed by atoms with Crippen LogP contribution in [-0.4, -0.2) is 41.9 Å². The first-order chi connectivity index (χ1) is 12.2. The molecule has 0 aromatic carbocycles. The molecule has 2 rings (SSSR count). The van der Waals surface area contributed by atoms with Crippen LogP contribution in [-0.2, 0) is 0 Å². The SMILES string of the molecule is CC1CCC(NC(=O)c2cc([N+](=O)[O-])c(N)nc2N(C)CC(F)F)CC1. The molecule has 1 heterocycles. The first-order valence-corrected chi connectivity index (χ1v) is 8.44. The number of anilines is 2. The van der Waals surface area contributed by atoms with Gasteiger partial charge in [0.25, 0.3) is 12.3 Å². The number of nitro groups is 1. The minimum Gasteiger partial charge on any atom is -0.378 e. The van der Waals surface area contributed by atoms with E-state index in [9.17, 15) is 23.7 Å². The molecule has 0 saturated heterocycles. The van der Waals surface area contributed by atoms with Crippen LogP contribution in [0.3, 0.4) is 0 Å². The Labute approximate surface area is 149 Å². The molecule has 1 amide bonds. The third kappa shape index (κ3) is 4.77. The average molecular weight is 371 g/mol. The maximum atomic E-state index is 12.7. The first kappa shape index (κ1) is 19.8. The fraction of sp³-hybridized carbons (Fsp3) is 0.625. The molecule has 0 atom stereocenters. The van der Waals surface area contributed by atoms with E-state index in [1.54, 1.807) is 0 Å². The third-order valence-electron chi connectivity index (χ3n) is 4.58. The van der Waals surface area contributed by atoms with Crippen molar-refractivity contribution in [2.24, 2.45) is 5.92 Å². The summed E-state index contributed by atoms with van der Waals surface area (Å²) in [6.07, 6.45) is 0.903. The van der Waals surface area contributed by atoms with Gasteiger partial charge < -0.3 is 16.0 Å². The van der Waals surface area contributed by atoms with E-state index in [1.165, 1.54) is 7.05 Å². The van der Waals surface area contributed by atoms with Crippen molar-refractivity contribution in [2.45, 2.75) is 45.1 Å². The molecule has 1 aliphatic carbocycles. The van der Waals surface area contributed by atoms with Crippen LogP contribution in [0.4, 0.5) is 26.1 Å². The second-order valence-electron chi connectivity index (χ2n) is 6.72. The van der Waals surface area contributed by atoms with Crippen LogP contribution < -0.4 is 16.0 Å². The molecule has 0 unspecified atom stereocenters. The number of aromatic nitrogens is 1. The van der Waals surface area contributed by atoms with E-state index in [2.05, 4.69) is 17.2 Å². The van der Waals surface area contributed by atoms with Crippen molar-refractivity contribution in [1.29, 1.82) is 0 Å². The predicted octanol–water partition coefficient (Wildman–Crippen LogP) is 2.58. The summed E-state index contributed by atoms with van der Waals surface area (Å²) >= 11 is 0. The molecule has 1 saturated carbocycles. The van der Waals surface area contributed by atoms with Crippen molar-refractivity contribution < 1.29 is 18.5 Å². The van der Waals surface area contributed by atoms with Crippen molar-refractivity contribution in [3.05, 3.63) is 21.7 Å². The van der Waals surface area contributed by atoms with Gasteiger partial charge in [-0.25, -0.2) is 13.8 Å². The Morgan fingerprint density at radius 1 is 1.46 bits per heavy atom. The Hall–Kier alpha value is -2.52. The molecular weight excluding hydrogens is 348 g/mol. The normalized spacial score (nSPS) is 20.0. The highest BCUT2D eigenvalue weighted by molar-refractivity contribution is 6.00. The van der Waals surface area contributed by atoms with E-state index in [-0.39, 0.29) is 17.4 Å². The summed E-state index contributed by atoms with van der Waals surface area (Å²) in [5.74, 6) is -0.504. The Balaban J connectivity index is 2.31. The molecule has 0 spiro atoms. The zero-order valence-corrected chi connectivity index (χ0v) is 14.7. The molecule has 10 heteroatoms. The van der Waals surface area contributed by atoms with E-state index in [1.807, 2.05) is 0 Å². The Bertz CT molecular complexity index is 678. The molecule has 1 fully saturated rings. The van der Waals surface area contributed by atoms with Gasteiger partial charge in [0.2, 0.25) is 5.82 Å². The minimum absolute atomic E-state index is 0.0523. The Morgan fingerprint density at radius 2 is 2.08 bits per heavy atom. The summed E-state index contributed by atoms with van der Waals surface area (Å²) in [5, 5.41) is 13.9. The van der Waals surface area contributed by atoms with Crippen LogP contribution in [0, 0.1) is 16.0 Å². The highest BCUT2D eigenvalue weighted by atomic mass is 19.3. The van der Waals surface area contributed by atoms with Gasteiger partial charge in [-0.05, 0) is 31.6 Å². The zero-order chi connectivity index (χ0) is 19.4. The zero-order valence-electron chi connectivity index (χ0n) is 14.7. The van der Waals surface area contributed by atoms with Crippen molar-refractivity contribution in [2.75, 3.05) is 24.2 Å². The van der Waals surface area contributed by atoms with Gasteiger partial charge in [-0.3, -0.25) is 14.9 Å². The van der Waals surface area contributed by atoms with Gasteiger partial charge in [0, 0.05) is 19.2 Å². The molecule has 3 N–H and O–H groups in total. The maximum absolute atomic E-state index is 12.7. The predicted molar refractivity (Wildman–Crippen MR) is 93.5 cm³/mol.